The lowest BCUT2D eigenvalue weighted by Gasteiger charge is -2.49. The minimum atomic E-state index is -0.769. The smallest absolute Gasteiger partial charge is 0.132 e. The van der Waals surface area contributed by atoms with Gasteiger partial charge in [-0.15, -0.1) is 5.12 Å². The van der Waals surface area contributed by atoms with E-state index >= 15 is 0 Å². The first-order valence-electron chi connectivity index (χ1n) is 5.31. The van der Waals surface area contributed by atoms with E-state index in [2.05, 4.69) is 0 Å². The van der Waals surface area contributed by atoms with Gasteiger partial charge in [0.25, 0.3) is 0 Å². The van der Waals surface area contributed by atoms with Crippen LogP contribution in [0.15, 0.2) is 0 Å². The van der Waals surface area contributed by atoms with Crippen molar-refractivity contribution in [2.24, 2.45) is 0 Å². The molecule has 0 radical (unpaired) electrons. The van der Waals surface area contributed by atoms with Crippen molar-refractivity contribution in [3.8, 4) is 0 Å². The average Bonchev–Trinajstić information content (AvgIpc) is 2.16. The van der Waals surface area contributed by atoms with Gasteiger partial charge in [-0.3, -0.25) is 0 Å². The molecule has 1 aliphatic heterocycles. The Morgan fingerprint density at radius 2 is 1.20 bits per heavy atom. The van der Waals surface area contributed by atoms with E-state index in [9.17, 15) is 15.3 Å². The molecule has 1 fully saturated rings. The van der Waals surface area contributed by atoms with E-state index in [0.717, 1.165) is 6.42 Å². The number of rotatable bonds is 3. The Labute approximate surface area is 90.3 Å². The summed E-state index contributed by atoms with van der Waals surface area (Å²) < 4.78 is 0. The summed E-state index contributed by atoms with van der Waals surface area (Å²) in [5.41, 5.74) is 0. The lowest BCUT2D eigenvalue weighted by molar-refractivity contribution is -0.337. The fraction of sp³-hybridized carbons (Fsp3) is 1.00. The Hall–Kier alpha value is -0.240. The number of nitrogens with zero attached hydrogens (tertiary/aromatic N) is 3. The molecule has 90 valence electrons. The normalized spacial score (nSPS) is 27.6. The number of hydrogen-bond acceptors (Lipinski definition) is 6. The van der Waals surface area contributed by atoms with Crippen molar-refractivity contribution < 1.29 is 15.3 Å². The topological polar surface area (TPSA) is 70.4 Å². The first-order valence-corrected chi connectivity index (χ1v) is 5.31. The van der Waals surface area contributed by atoms with E-state index in [1.165, 1.54) is 5.12 Å². The van der Waals surface area contributed by atoms with Crippen molar-refractivity contribution >= 4 is 0 Å². The quantitative estimate of drug-likeness (QED) is 0.574. The third-order valence-corrected chi connectivity index (χ3v) is 2.50. The summed E-state index contributed by atoms with van der Waals surface area (Å²) in [6.45, 7) is 6.23. The highest BCUT2D eigenvalue weighted by molar-refractivity contribution is 4.68. The molecule has 1 saturated heterocycles. The molecule has 3 atom stereocenters. The third-order valence-electron chi connectivity index (χ3n) is 2.50. The molecule has 1 aliphatic rings. The van der Waals surface area contributed by atoms with Crippen LogP contribution in [0.2, 0.25) is 0 Å². The highest BCUT2D eigenvalue weighted by Gasteiger charge is 2.34. The molecule has 3 unspecified atom stereocenters. The summed E-state index contributed by atoms with van der Waals surface area (Å²) in [4.78, 5) is 0. The monoisotopic (exact) mass is 219 g/mol. The van der Waals surface area contributed by atoms with Crippen LogP contribution >= 0.6 is 0 Å². The van der Waals surface area contributed by atoms with Crippen molar-refractivity contribution in [2.45, 2.75) is 45.9 Å². The highest BCUT2D eigenvalue weighted by atomic mass is 16.4. The Morgan fingerprint density at radius 3 is 1.47 bits per heavy atom. The van der Waals surface area contributed by atoms with Gasteiger partial charge in [0.2, 0.25) is 0 Å². The predicted molar refractivity (Wildman–Crippen MR) is 54.9 cm³/mol. The Balaban J connectivity index is 2.80. The van der Waals surface area contributed by atoms with Gasteiger partial charge in [-0.25, -0.2) is 0 Å². The number of hydrazine groups is 2. The van der Waals surface area contributed by atoms with E-state index in [1.807, 2.05) is 0 Å². The van der Waals surface area contributed by atoms with Crippen LogP contribution in [0.3, 0.4) is 0 Å². The lowest BCUT2D eigenvalue weighted by Crippen LogP contribution is -2.65. The van der Waals surface area contributed by atoms with Crippen molar-refractivity contribution in [1.82, 2.24) is 15.1 Å². The van der Waals surface area contributed by atoms with E-state index < -0.39 is 18.7 Å². The van der Waals surface area contributed by atoms with E-state index in [1.54, 1.807) is 30.8 Å². The molecule has 0 aromatic heterocycles. The van der Waals surface area contributed by atoms with E-state index in [0.29, 0.717) is 13.1 Å². The van der Waals surface area contributed by atoms with E-state index in [4.69, 9.17) is 0 Å². The molecule has 3 N–H and O–H groups in total. The van der Waals surface area contributed by atoms with Gasteiger partial charge < -0.3 is 15.3 Å². The zero-order valence-electron chi connectivity index (χ0n) is 9.54. The minimum absolute atomic E-state index is 0.672. The lowest BCUT2D eigenvalue weighted by atomic mass is 10.3. The second-order valence-corrected chi connectivity index (χ2v) is 3.90. The van der Waals surface area contributed by atoms with Crippen molar-refractivity contribution in [1.29, 1.82) is 0 Å². The van der Waals surface area contributed by atoms with Gasteiger partial charge in [-0.05, 0) is 27.2 Å². The first-order chi connectivity index (χ1) is 6.95. The number of aliphatic hydroxyl groups is 3. The summed E-state index contributed by atoms with van der Waals surface area (Å²) in [5.74, 6) is 0. The zero-order valence-corrected chi connectivity index (χ0v) is 9.54. The van der Waals surface area contributed by atoms with Gasteiger partial charge in [-0.2, -0.15) is 10.0 Å². The van der Waals surface area contributed by atoms with Gasteiger partial charge in [-0.1, -0.05) is 0 Å². The fourth-order valence-corrected chi connectivity index (χ4v) is 1.89. The third kappa shape index (κ3) is 2.87. The zero-order chi connectivity index (χ0) is 11.6. The molecule has 0 amide bonds. The summed E-state index contributed by atoms with van der Waals surface area (Å²) in [7, 11) is 0. The van der Waals surface area contributed by atoms with Crippen LogP contribution in [0, 0.1) is 0 Å². The molecule has 15 heavy (non-hydrogen) atoms. The van der Waals surface area contributed by atoms with Gasteiger partial charge >= 0.3 is 0 Å². The van der Waals surface area contributed by atoms with Crippen LogP contribution in [-0.4, -0.2) is 62.2 Å². The average molecular weight is 219 g/mol. The SMILES string of the molecule is CC(O)N1CCCN(C(C)O)N1C(C)O. The van der Waals surface area contributed by atoms with Gasteiger partial charge in [0, 0.05) is 13.1 Å². The highest BCUT2D eigenvalue weighted by Crippen LogP contribution is 2.18. The standard InChI is InChI=1S/C9H21N3O3/c1-7(13)10-5-4-6-11(8(2)14)12(10)9(3)15/h7-9,13-15H,4-6H2,1-3H3. The predicted octanol–water partition coefficient (Wildman–Crippen LogP) is -0.859. The minimum Gasteiger partial charge on any atom is -0.377 e. The maximum Gasteiger partial charge on any atom is 0.132 e. The van der Waals surface area contributed by atoms with Crippen LogP contribution < -0.4 is 0 Å². The molecule has 6 nitrogen and oxygen atoms in total. The molecule has 0 saturated carbocycles. The van der Waals surface area contributed by atoms with E-state index in [-0.39, 0.29) is 0 Å². The number of hydrogen-bond donors (Lipinski definition) is 3. The molecule has 1 rings (SSSR count). The Morgan fingerprint density at radius 1 is 0.800 bits per heavy atom. The van der Waals surface area contributed by atoms with Gasteiger partial charge in [0.1, 0.15) is 18.7 Å². The second kappa shape index (κ2) is 5.20. The molecule has 6 heteroatoms. The summed E-state index contributed by atoms with van der Waals surface area (Å²) in [5, 5.41) is 33.6. The molecule has 0 spiro atoms. The largest absolute Gasteiger partial charge is 0.377 e. The molecule has 0 bridgehead atoms. The summed E-state index contributed by atoms with van der Waals surface area (Å²) >= 11 is 0. The maximum atomic E-state index is 9.64. The second-order valence-electron chi connectivity index (χ2n) is 3.90. The van der Waals surface area contributed by atoms with Crippen LogP contribution in [0.25, 0.3) is 0 Å². The molecule has 0 aromatic rings. The Kier molecular flexibility index (Phi) is 4.45. The summed E-state index contributed by atoms with van der Waals surface area (Å²) in [6.07, 6.45) is -1.28. The van der Waals surface area contributed by atoms with Crippen LogP contribution in [0.1, 0.15) is 27.2 Å². The number of aliphatic hydroxyl groups excluding tert-OH is 3. The van der Waals surface area contributed by atoms with Gasteiger partial charge in [0.05, 0.1) is 0 Å². The van der Waals surface area contributed by atoms with Crippen molar-refractivity contribution in [3.63, 3.8) is 0 Å². The molecule has 0 aromatic carbocycles. The molecular weight excluding hydrogens is 198 g/mol. The summed E-state index contributed by atoms with van der Waals surface area (Å²) in [6, 6.07) is 0. The first kappa shape index (κ1) is 12.8. The van der Waals surface area contributed by atoms with Crippen LogP contribution in [-0.2, 0) is 0 Å². The van der Waals surface area contributed by atoms with Crippen molar-refractivity contribution in [3.05, 3.63) is 0 Å². The van der Waals surface area contributed by atoms with Crippen LogP contribution in [0.4, 0.5) is 0 Å². The molecule has 1 heterocycles. The molecule has 0 aliphatic carbocycles. The molecular formula is C9H21N3O3. The fourth-order valence-electron chi connectivity index (χ4n) is 1.89. The Bertz CT molecular complexity index is 183. The van der Waals surface area contributed by atoms with Crippen molar-refractivity contribution in [2.75, 3.05) is 13.1 Å². The maximum absolute atomic E-state index is 9.64. The van der Waals surface area contributed by atoms with Gasteiger partial charge in [0.15, 0.2) is 0 Å². The van der Waals surface area contributed by atoms with Crippen LogP contribution in [0.5, 0.6) is 0 Å².